The van der Waals surface area contributed by atoms with E-state index in [1.807, 2.05) is 6.07 Å². The van der Waals surface area contributed by atoms with E-state index >= 15 is 0 Å². The number of nitrogens with one attached hydrogen (secondary N) is 1. The highest BCUT2D eigenvalue weighted by Gasteiger charge is 2.25. The molecule has 1 N–H and O–H groups in total. The van der Waals surface area contributed by atoms with Gasteiger partial charge in [-0.25, -0.2) is 4.98 Å². The Morgan fingerprint density at radius 3 is 2.65 bits per heavy atom. The summed E-state index contributed by atoms with van der Waals surface area (Å²) in [5.41, 5.74) is 4.95. The zero-order chi connectivity index (χ0) is 14.1. The topological polar surface area (TPSA) is 24.9 Å². The van der Waals surface area contributed by atoms with E-state index in [-0.39, 0.29) is 0 Å². The largest absolute Gasteiger partial charge is 0.376 e. The lowest BCUT2D eigenvalue weighted by Crippen LogP contribution is -2.19. The molecule has 1 aliphatic rings. The molecule has 0 amide bonds. The summed E-state index contributed by atoms with van der Waals surface area (Å²) in [7, 11) is 0. The van der Waals surface area contributed by atoms with Gasteiger partial charge in [-0.05, 0) is 48.4 Å². The second-order valence-electron chi connectivity index (χ2n) is 5.60. The van der Waals surface area contributed by atoms with E-state index in [2.05, 4.69) is 48.4 Å². The van der Waals surface area contributed by atoms with Crippen molar-refractivity contribution in [3.05, 3.63) is 58.4 Å². The lowest BCUT2D eigenvalue weighted by atomic mass is 9.81. The third kappa shape index (κ3) is 2.40. The minimum absolute atomic E-state index is 0.322. The molecule has 3 rings (SSSR count). The quantitative estimate of drug-likeness (QED) is 0.778. The normalized spacial score (nSPS) is 21.4. The first-order chi connectivity index (χ1) is 9.66. The van der Waals surface area contributed by atoms with Crippen molar-refractivity contribution in [1.29, 1.82) is 0 Å². The van der Waals surface area contributed by atoms with Gasteiger partial charge in [-0.15, -0.1) is 0 Å². The number of pyridine rings is 1. The third-order valence-electron chi connectivity index (χ3n) is 4.22. The van der Waals surface area contributed by atoms with Crippen molar-refractivity contribution in [1.82, 2.24) is 4.98 Å². The number of aromatic nitrogens is 1. The van der Waals surface area contributed by atoms with E-state index in [1.165, 1.54) is 17.5 Å². The van der Waals surface area contributed by atoms with Gasteiger partial charge in [0.2, 0.25) is 0 Å². The Hall–Kier alpha value is -1.54. The molecule has 0 spiro atoms. The fourth-order valence-corrected chi connectivity index (χ4v) is 3.29. The molecule has 2 unspecified atom stereocenters. The zero-order valence-corrected chi connectivity index (χ0v) is 12.6. The first kappa shape index (κ1) is 13.4. The molecule has 2 nitrogen and oxygen atoms in total. The number of aryl methyl sites for hydroxylation is 1. The standard InChI is InChI=1S/C17H19ClN2/c1-11-7-8-15(14-6-4-3-5-13(11)14)20-16-12(2)9-10-19-17(16)18/h3-6,9-11,15,20H,7-8H2,1-2H3. The number of hydrogen-bond donors (Lipinski definition) is 1. The highest BCUT2D eigenvalue weighted by Crippen LogP contribution is 2.39. The second kappa shape index (κ2) is 5.45. The molecule has 0 bridgehead atoms. The first-order valence-electron chi connectivity index (χ1n) is 7.13. The summed E-state index contributed by atoms with van der Waals surface area (Å²) in [6.07, 6.45) is 4.08. The molecule has 104 valence electrons. The van der Waals surface area contributed by atoms with Gasteiger partial charge in [-0.3, -0.25) is 0 Å². The summed E-state index contributed by atoms with van der Waals surface area (Å²) in [4.78, 5) is 4.18. The van der Waals surface area contributed by atoms with Crippen molar-refractivity contribution < 1.29 is 0 Å². The summed E-state index contributed by atoms with van der Waals surface area (Å²) in [6, 6.07) is 11.0. The summed E-state index contributed by atoms with van der Waals surface area (Å²) < 4.78 is 0. The van der Waals surface area contributed by atoms with Crippen LogP contribution in [0.1, 0.15) is 48.4 Å². The molecule has 0 radical (unpaired) electrons. The Balaban J connectivity index is 1.95. The Kier molecular flexibility index (Phi) is 3.66. The number of fused-ring (bicyclic) bond motifs is 1. The number of rotatable bonds is 2. The molecule has 0 saturated heterocycles. The molecule has 3 heteroatoms. The summed E-state index contributed by atoms with van der Waals surface area (Å²) >= 11 is 6.23. The van der Waals surface area contributed by atoms with Gasteiger partial charge in [-0.1, -0.05) is 42.8 Å². The summed E-state index contributed by atoms with van der Waals surface area (Å²) in [5.74, 6) is 0.634. The first-order valence-corrected chi connectivity index (χ1v) is 7.51. The van der Waals surface area contributed by atoms with Crippen LogP contribution in [0.2, 0.25) is 5.15 Å². The van der Waals surface area contributed by atoms with Crippen LogP contribution in [0, 0.1) is 6.92 Å². The molecule has 2 aromatic rings. The molecule has 1 aliphatic carbocycles. The van der Waals surface area contributed by atoms with Crippen LogP contribution in [0.3, 0.4) is 0 Å². The molecule has 2 atom stereocenters. The third-order valence-corrected chi connectivity index (χ3v) is 4.51. The molecule has 1 heterocycles. The number of nitrogens with zero attached hydrogens (tertiary/aromatic N) is 1. The number of anilines is 1. The van der Waals surface area contributed by atoms with Crippen molar-refractivity contribution >= 4 is 17.3 Å². The van der Waals surface area contributed by atoms with E-state index in [9.17, 15) is 0 Å². The van der Waals surface area contributed by atoms with Crippen molar-refractivity contribution in [2.24, 2.45) is 0 Å². The van der Waals surface area contributed by atoms with Gasteiger partial charge in [0, 0.05) is 6.20 Å². The Morgan fingerprint density at radius 1 is 1.15 bits per heavy atom. The van der Waals surface area contributed by atoms with Gasteiger partial charge >= 0.3 is 0 Å². The minimum Gasteiger partial charge on any atom is -0.376 e. The van der Waals surface area contributed by atoms with Crippen molar-refractivity contribution in [3.8, 4) is 0 Å². The van der Waals surface area contributed by atoms with E-state index < -0.39 is 0 Å². The fraction of sp³-hybridized carbons (Fsp3) is 0.353. The molecular formula is C17H19ClN2. The van der Waals surface area contributed by atoms with Crippen molar-refractivity contribution in [3.63, 3.8) is 0 Å². The van der Waals surface area contributed by atoms with Crippen LogP contribution >= 0.6 is 11.6 Å². The van der Waals surface area contributed by atoms with Crippen LogP contribution < -0.4 is 5.32 Å². The Morgan fingerprint density at radius 2 is 1.90 bits per heavy atom. The molecular weight excluding hydrogens is 268 g/mol. The molecule has 0 saturated carbocycles. The Bertz CT molecular complexity index is 604. The lowest BCUT2D eigenvalue weighted by molar-refractivity contribution is 0.534. The van der Waals surface area contributed by atoms with Crippen LogP contribution in [0.25, 0.3) is 0 Å². The maximum atomic E-state index is 6.23. The fourth-order valence-electron chi connectivity index (χ4n) is 3.03. The van der Waals surface area contributed by atoms with Crippen molar-refractivity contribution in [2.45, 2.75) is 38.6 Å². The number of halogens is 1. The number of hydrogen-bond acceptors (Lipinski definition) is 2. The number of benzene rings is 1. The van der Waals surface area contributed by atoms with Crippen LogP contribution in [0.15, 0.2) is 36.5 Å². The second-order valence-corrected chi connectivity index (χ2v) is 5.96. The van der Waals surface area contributed by atoms with E-state index in [0.29, 0.717) is 17.1 Å². The molecule has 1 aromatic carbocycles. The smallest absolute Gasteiger partial charge is 0.152 e. The predicted octanol–water partition coefficient (Wildman–Crippen LogP) is 5.09. The molecule has 0 aliphatic heterocycles. The van der Waals surface area contributed by atoms with E-state index in [0.717, 1.165) is 17.7 Å². The van der Waals surface area contributed by atoms with Crippen LogP contribution in [-0.4, -0.2) is 4.98 Å². The molecule has 20 heavy (non-hydrogen) atoms. The summed E-state index contributed by atoms with van der Waals surface area (Å²) in [5, 5.41) is 4.16. The minimum atomic E-state index is 0.322. The van der Waals surface area contributed by atoms with Crippen LogP contribution in [0.4, 0.5) is 5.69 Å². The highest BCUT2D eigenvalue weighted by molar-refractivity contribution is 6.32. The van der Waals surface area contributed by atoms with Crippen molar-refractivity contribution in [2.75, 3.05) is 5.32 Å². The van der Waals surface area contributed by atoms with Crippen LogP contribution in [0.5, 0.6) is 0 Å². The Labute approximate surface area is 125 Å². The van der Waals surface area contributed by atoms with E-state index in [1.54, 1.807) is 6.20 Å². The van der Waals surface area contributed by atoms with Gasteiger partial charge in [0.15, 0.2) is 5.15 Å². The van der Waals surface area contributed by atoms with Gasteiger partial charge < -0.3 is 5.32 Å². The van der Waals surface area contributed by atoms with Gasteiger partial charge in [0.25, 0.3) is 0 Å². The monoisotopic (exact) mass is 286 g/mol. The average Bonchev–Trinajstić information content (AvgIpc) is 2.46. The maximum Gasteiger partial charge on any atom is 0.152 e. The zero-order valence-electron chi connectivity index (χ0n) is 11.9. The SMILES string of the molecule is Cc1ccnc(Cl)c1NC1CCC(C)c2ccccc21. The molecule has 1 aromatic heterocycles. The molecule has 0 fully saturated rings. The van der Waals surface area contributed by atoms with Gasteiger partial charge in [0.1, 0.15) is 0 Å². The highest BCUT2D eigenvalue weighted by atomic mass is 35.5. The maximum absolute atomic E-state index is 6.23. The predicted molar refractivity (Wildman–Crippen MR) is 84.4 cm³/mol. The van der Waals surface area contributed by atoms with Gasteiger partial charge in [0.05, 0.1) is 11.7 Å². The lowest BCUT2D eigenvalue weighted by Gasteiger charge is -2.31. The average molecular weight is 287 g/mol. The van der Waals surface area contributed by atoms with Gasteiger partial charge in [-0.2, -0.15) is 0 Å². The summed E-state index contributed by atoms with van der Waals surface area (Å²) in [6.45, 7) is 4.37. The van der Waals surface area contributed by atoms with Crippen LogP contribution in [-0.2, 0) is 0 Å². The van der Waals surface area contributed by atoms with E-state index in [4.69, 9.17) is 11.6 Å².